The zero-order valence-corrected chi connectivity index (χ0v) is 20.2. The molecule has 0 aliphatic carbocycles. The second kappa shape index (κ2) is 10.6. The average Bonchev–Trinajstić information content (AvgIpc) is 2.88. The predicted molar refractivity (Wildman–Crippen MR) is 142 cm³/mol. The number of phenols is 2. The van der Waals surface area contributed by atoms with Crippen molar-refractivity contribution in [3.63, 3.8) is 0 Å². The first kappa shape index (κ1) is 23.6. The Morgan fingerprint density at radius 1 is 0.588 bits per heavy atom. The predicted octanol–water partition coefficient (Wildman–Crippen LogP) is 8.71. The van der Waals surface area contributed by atoms with E-state index in [9.17, 15) is 10.2 Å². The third kappa shape index (κ3) is 5.02. The van der Waals surface area contributed by atoms with Gasteiger partial charge in [0.25, 0.3) is 0 Å². The van der Waals surface area contributed by atoms with Crippen molar-refractivity contribution in [3.8, 4) is 33.8 Å². The highest BCUT2D eigenvalue weighted by Crippen LogP contribution is 2.43. The minimum Gasteiger partial charge on any atom is -0.507 e. The van der Waals surface area contributed by atoms with Gasteiger partial charge < -0.3 is 10.2 Å². The summed E-state index contributed by atoms with van der Waals surface area (Å²) in [5.74, 6) is 0.581. The van der Waals surface area contributed by atoms with Crippen molar-refractivity contribution in [2.75, 3.05) is 0 Å². The van der Waals surface area contributed by atoms with Crippen LogP contribution in [0.3, 0.4) is 0 Å². The Labute approximate surface area is 203 Å². The number of hydrogen-bond acceptors (Lipinski definition) is 2. The van der Waals surface area contributed by atoms with Gasteiger partial charge in [-0.1, -0.05) is 112 Å². The zero-order chi connectivity index (χ0) is 24.0. The molecule has 0 aromatic heterocycles. The van der Waals surface area contributed by atoms with E-state index < -0.39 is 0 Å². The molecule has 0 bridgehead atoms. The minimum absolute atomic E-state index is 0.262. The van der Waals surface area contributed by atoms with E-state index in [1.165, 1.54) is 30.4 Å². The Balaban J connectivity index is 1.82. The SMILES string of the molecule is CCCCCCC(C)(c1ccc(O)c(-c2ccccc2)c1)c1ccc(O)c(-c2ccccc2)c1. The smallest absolute Gasteiger partial charge is 0.123 e. The van der Waals surface area contributed by atoms with E-state index in [4.69, 9.17) is 0 Å². The van der Waals surface area contributed by atoms with Crippen LogP contribution in [0.1, 0.15) is 57.1 Å². The molecular weight excluding hydrogens is 416 g/mol. The molecule has 2 heteroatoms. The van der Waals surface area contributed by atoms with Crippen LogP contribution in [0.15, 0.2) is 97.1 Å². The Kier molecular flexibility index (Phi) is 7.37. The maximum absolute atomic E-state index is 10.7. The van der Waals surface area contributed by atoms with Crippen LogP contribution in [0, 0.1) is 0 Å². The summed E-state index contributed by atoms with van der Waals surface area (Å²) in [6.07, 6.45) is 5.73. The average molecular weight is 451 g/mol. The summed E-state index contributed by atoms with van der Waals surface area (Å²) < 4.78 is 0. The van der Waals surface area contributed by atoms with Gasteiger partial charge in [-0.05, 0) is 52.9 Å². The first-order chi connectivity index (χ1) is 16.5. The monoisotopic (exact) mass is 450 g/mol. The van der Waals surface area contributed by atoms with Gasteiger partial charge in [-0.2, -0.15) is 0 Å². The molecule has 4 aromatic carbocycles. The van der Waals surface area contributed by atoms with Gasteiger partial charge in [0.2, 0.25) is 0 Å². The number of unbranched alkanes of at least 4 members (excludes halogenated alkanes) is 3. The summed E-state index contributed by atoms with van der Waals surface area (Å²) in [6, 6.07) is 32.1. The molecule has 0 fully saturated rings. The lowest BCUT2D eigenvalue weighted by Crippen LogP contribution is -2.24. The second-order valence-corrected chi connectivity index (χ2v) is 9.34. The third-order valence-electron chi connectivity index (χ3n) is 6.97. The standard InChI is InChI=1S/C32H34O2/c1-3-4-5-12-21-32(2,26-17-19-30(33)28(22-26)24-13-8-6-9-14-24)27-18-20-31(34)29(23-27)25-15-10-7-11-16-25/h6-11,13-20,22-23,33-34H,3-5,12,21H2,1-2H3. The van der Waals surface area contributed by atoms with Crippen LogP contribution in [0.25, 0.3) is 22.3 Å². The fourth-order valence-electron chi connectivity index (χ4n) is 4.82. The fraction of sp³-hybridized carbons (Fsp3) is 0.250. The lowest BCUT2D eigenvalue weighted by atomic mass is 9.71. The summed E-state index contributed by atoms with van der Waals surface area (Å²) in [6.45, 7) is 4.53. The van der Waals surface area contributed by atoms with E-state index in [2.05, 4.69) is 38.1 Å². The molecule has 4 aromatic rings. The molecule has 4 rings (SSSR count). The van der Waals surface area contributed by atoms with Crippen molar-refractivity contribution in [1.29, 1.82) is 0 Å². The van der Waals surface area contributed by atoms with Gasteiger partial charge in [0.1, 0.15) is 11.5 Å². The van der Waals surface area contributed by atoms with E-state index in [1.54, 1.807) is 0 Å². The fourth-order valence-corrected chi connectivity index (χ4v) is 4.82. The van der Waals surface area contributed by atoms with Crippen molar-refractivity contribution in [1.82, 2.24) is 0 Å². The van der Waals surface area contributed by atoms with E-state index in [-0.39, 0.29) is 5.41 Å². The maximum atomic E-state index is 10.7. The van der Waals surface area contributed by atoms with Crippen molar-refractivity contribution >= 4 is 0 Å². The number of phenolic OH excluding ortho intramolecular Hbond substituents is 2. The van der Waals surface area contributed by atoms with Gasteiger partial charge in [-0.3, -0.25) is 0 Å². The molecule has 0 spiro atoms. The summed E-state index contributed by atoms with van der Waals surface area (Å²) in [4.78, 5) is 0. The number of rotatable bonds is 9. The Morgan fingerprint density at radius 3 is 1.50 bits per heavy atom. The molecule has 0 radical (unpaired) electrons. The topological polar surface area (TPSA) is 40.5 Å². The van der Waals surface area contributed by atoms with Crippen molar-refractivity contribution in [2.24, 2.45) is 0 Å². The van der Waals surface area contributed by atoms with Crippen molar-refractivity contribution in [3.05, 3.63) is 108 Å². The van der Waals surface area contributed by atoms with E-state index in [0.29, 0.717) is 11.5 Å². The highest BCUT2D eigenvalue weighted by Gasteiger charge is 2.30. The number of aromatic hydroxyl groups is 2. The van der Waals surface area contributed by atoms with Crippen LogP contribution in [-0.4, -0.2) is 10.2 Å². The number of hydrogen-bond donors (Lipinski definition) is 2. The van der Waals surface area contributed by atoms with Gasteiger partial charge in [-0.25, -0.2) is 0 Å². The van der Waals surface area contributed by atoms with Crippen molar-refractivity contribution < 1.29 is 10.2 Å². The molecule has 0 unspecified atom stereocenters. The molecule has 2 nitrogen and oxygen atoms in total. The maximum Gasteiger partial charge on any atom is 0.123 e. The van der Waals surface area contributed by atoms with Crippen LogP contribution in [0.5, 0.6) is 11.5 Å². The lowest BCUT2D eigenvalue weighted by Gasteiger charge is -2.32. The van der Waals surface area contributed by atoms with Gasteiger partial charge in [0.05, 0.1) is 0 Å². The highest BCUT2D eigenvalue weighted by atomic mass is 16.3. The van der Waals surface area contributed by atoms with E-state index >= 15 is 0 Å². The van der Waals surface area contributed by atoms with Gasteiger partial charge in [0.15, 0.2) is 0 Å². The Bertz CT molecular complexity index is 1120. The summed E-state index contributed by atoms with van der Waals surface area (Å²) in [5.41, 5.74) is 5.79. The Hall–Kier alpha value is -3.52. The molecule has 2 N–H and O–H groups in total. The molecule has 0 amide bonds. The molecule has 0 aliphatic rings. The highest BCUT2D eigenvalue weighted by molar-refractivity contribution is 5.73. The van der Waals surface area contributed by atoms with Crippen LogP contribution in [0.2, 0.25) is 0 Å². The molecule has 0 aliphatic heterocycles. The normalized spacial score (nSPS) is 11.5. The largest absolute Gasteiger partial charge is 0.507 e. The summed E-state index contributed by atoms with van der Waals surface area (Å²) in [7, 11) is 0. The van der Waals surface area contributed by atoms with E-state index in [1.807, 2.05) is 72.8 Å². The second-order valence-electron chi connectivity index (χ2n) is 9.34. The lowest BCUT2D eigenvalue weighted by molar-refractivity contribution is 0.464. The van der Waals surface area contributed by atoms with Gasteiger partial charge >= 0.3 is 0 Å². The van der Waals surface area contributed by atoms with Gasteiger partial charge in [-0.15, -0.1) is 0 Å². The molecule has 0 heterocycles. The third-order valence-corrected chi connectivity index (χ3v) is 6.97. The van der Waals surface area contributed by atoms with Crippen LogP contribution in [0.4, 0.5) is 0 Å². The van der Waals surface area contributed by atoms with Crippen LogP contribution in [-0.2, 0) is 5.41 Å². The summed E-state index contributed by atoms with van der Waals surface area (Å²) in [5, 5.41) is 21.3. The summed E-state index contributed by atoms with van der Waals surface area (Å²) >= 11 is 0. The molecule has 174 valence electrons. The first-order valence-corrected chi connectivity index (χ1v) is 12.3. The molecular formula is C32H34O2. The Morgan fingerprint density at radius 2 is 1.06 bits per heavy atom. The van der Waals surface area contributed by atoms with Crippen molar-refractivity contribution in [2.45, 2.75) is 51.4 Å². The molecule has 0 saturated heterocycles. The van der Waals surface area contributed by atoms with Gasteiger partial charge in [0, 0.05) is 16.5 Å². The molecule has 0 saturated carbocycles. The molecule has 0 atom stereocenters. The first-order valence-electron chi connectivity index (χ1n) is 12.3. The molecule has 34 heavy (non-hydrogen) atoms. The van der Waals surface area contributed by atoms with E-state index in [0.717, 1.165) is 35.1 Å². The zero-order valence-electron chi connectivity index (χ0n) is 20.2. The quantitative estimate of drug-likeness (QED) is 0.250. The number of benzene rings is 4. The van der Waals surface area contributed by atoms with Crippen LogP contribution < -0.4 is 0 Å². The van der Waals surface area contributed by atoms with Crippen LogP contribution >= 0.6 is 0 Å². The minimum atomic E-state index is -0.262.